The van der Waals surface area contributed by atoms with Crippen molar-refractivity contribution >= 4 is 17.5 Å². The van der Waals surface area contributed by atoms with Gasteiger partial charge in [0.1, 0.15) is 11.6 Å². The van der Waals surface area contributed by atoms with Gasteiger partial charge in [-0.15, -0.1) is 0 Å². The lowest BCUT2D eigenvalue weighted by Gasteiger charge is -2.32. The number of hydrogen-bond acceptors (Lipinski definition) is 6. The molecule has 4 rings (SSSR count). The van der Waals surface area contributed by atoms with Crippen LogP contribution in [0.25, 0.3) is 0 Å². The molecule has 2 amide bonds. The number of hydrogen-bond donors (Lipinski definition) is 0. The molecule has 0 saturated carbocycles. The zero-order chi connectivity index (χ0) is 27.1. The molecule has 8 nitrogen and oxygen atoms in total. The SMILES string of the molecule is CCc1cc(C(=O)N2CCCN(CC(C)C)CCCN(C(=O)c3cccnc3)c3ccc(F)cc3C2)no1. The number of pyridine rings is 1. The van der Waals surface area contributed by atoms with Gasteiger partial charge in [0, 0.05) is 56.7 Å². The van der Waals surface area contributed by atoms with E-state index in [0.29, 0.717) is 48.0 Å². The van der Waals surface area contributed by atoms with E-state index in [9.17, 15) is 14.0 Å². The average molecular weight is 522 g/mol. The van der Waals surface area contributed by atoms with Crippen LogP contribution in [-0.2, 0) is 13.0 Å². The number of fused-ring (bicyclic) bond motifs is 1. The molecule has 1 aliphatic heterocycles. The molecule has 202 valence electrons. The van der Waals surface area contributed by atoms with Crippen LogP contribution in [0.5, 0.6) is 0 Å². The van der Waals surface area contributed by atoms with Crippen molar-refractivity contribution in [3.05, 3.63) is 77.2 Å². The Kier molecular flexibility index (Phi) is 9.23. The Balaban J connectivity index is 1.73. The Morgan fingerprint density at radius 1 is 1.05 bits per heavy atom. The quantitative estimate of drug-likeness (QED) is 0.479. The van der Waals surface area contributed by atoms with E-state index in [1.807, 2.05) is 6.92 Å². The smallest absolute Gasteiger partial charge is 0.276 e. The molecule has 0 unspecified atom stereocenters. The van der Waals surface area contributed by atoms with E-state index in [4.69, 9.17) is 4.52 Å². The van der Waals surface area contributed by atoms with Crippen LogP contribution in [0.3, 0.4) is 0 Å². The van der Waals surface area contributed by atoms with Crippen molar-refractivity contribution in [3.8, 4) is 0 Å². The molecule has 1 aromatic carbocycles. The molecule has 2 aromatic heterocycles. The van der Waals surface area contributed by atoms with Gasteiger partial charge in [0.25, 0.3) is 11.8 Å². The van der Waals surface area contributed by atoms with Gasteiger partial charge in [-0.05, 0) is 67.7 Å². The highest BCUT2D eigenvalue weighted by Crippen LogP contribution is 2.27. The Labute approximate surface area is 223 Å². The topological polar surface area (TPSA) is 82.8 Å². The molecule has 0 aliphatic carbocycles. The Bertz CT molecular complexity index is 1230. The van der Waals surface area contributed by atoms with E-state index in [-0.39, 0.29) is 24.1 Å². The third-order valence-corrected chi connectivity index (χ3v) is 6.64. The molecule has 0 radical (unpaired) electrons. The summed E-state index contributed by atoms with van der Waals surface area (Å²) in [6.45, 7) is 9.91. The van der Waals surface area contributed by atoms with Crippen molar-refractivity contribution in [1.29, 1.82) is 0 Å². The number of halogens is 1. The van der Waals surface area contributed by atoms with Crippen LogP contribution in [0.4, 0.5) is 10.1 Å². The van der Waals surface area contributed by atoms with Crippen molar-refractivity contribution in [1.82, 2.24) is 19.9 Å². The number of benzene rings is 1. The van der Waals surface area contributed by atoms with Crippen molar-refractivity contribution in [2.24, 2.45) is 5.92 Å². The maximum absolute atomic E-state index is 14.5. The highest BCUT2D eigenvalue weighted by atomic mass is 19.1. The normalized spacial score (nSPS) is 15.6. The lowest BCUT2D eigenvalue weighted by molar-refractivity contribution is 0.0722. The monoisotopic (exact) mass is 521 g/mol. The van der Waals surface area contributed by atoms with Gasteiger partial charge in [0.05, 0.1) is 5.56 Å². The molecule has 3 heterocycles. The summed E-state index contributed by atoms with van der Waals surface area (Å²) in [4.78, 5) is 37.1. The minimum absolute atomic E-state index is 0.140. The molecule has 0 spiro atoms. The van der Waals surface area contributed by atoms with Crippen LogP contribution in [0.1, 0.15) is 65.8 Å². The van der Waals surface area contributed by atoms with Gasteiger partial charge in [-0.3, -0.25) is 14.6 Å². The summed E-state index contributed by atoms with van der Waals surface area (Å²) >= 11 is 0. The maximum Gasteiger partial charge on any atom is 0.276 e. The third kappa shape index (κ3) is 6.83. The highest BCUT2D eigenvalue weighted by Gasteiger charge is 2.26. The summed E-state index contributed by atoms with van der Waals surface area (Å²) in [5.41, 5.74) is 1.84. The van der Waals surface area contributed by atoms with E-state index < -0.39 is 5.82 Å². The molecular weight excluding hydrogens is 485 g/mol. The fourth-order valence-corrected chi connectivity index (χ4v) is 4.87. The molecule has 38 heavy (non-hydrogen) atoms. The van der Waals surface area contributed by atoms with E-state index in [2.05, 4.69) is 28.9 Å². The first-order valence-electron chi connectivity index (χ1n) is 13.3. The maximum atomic E-state index is 14.5. The number of aromatic nitrogens is 2. The summed E-state index contributed by atoms with van der Waals surface area (Å²) in [6.07, 6.45) is 5.32. The number of rotatable bonds is 5. The van der Waals surface area contributed by atoms with Gasteiger partial charge in [0.2, 0.25) is 0 Å². The number of amides is 2. The molecule has 1 aliphatic rings. The second-order valence-electron chi connectivity index (χ2n) is 10.1. The van der Waals surface area contributed by atoms with E-state index in [0.717, 1.165) is 32.5 Å². The van der Waals surface area contributed by atoms with Crippen molar-refractivity contribution < 1.29 is 18.5 Å². The summed E-state index contributed by atoms with van der Waals surface area (Å²) < 4.78 is 19.8. The molecule has 0 N–H and O–H groups in total. The van der Waals surface area contributed by atoms with E-state index >= 15 is 0 Å². The van der Waals surface area contributed by atoms with Crippen LogP contribution in [0.15, 0.2) is 53.3 Å². The lowest BCUT2D eigenvalue weighted by Crippen LogP contribution is -2.40. The predicted molar refractivity (Wildman–Crippen MR) is 143 cm³/mol. The number of carbonyl (C=O) groups excluding carboxylic acids is 2. The molecule has 0 bridgehead atoms. The van der Waals surface area contributed by atoms with Crippen LogP contribution >= 0.6 is 0 Å². The Morgan fingerprint density at radius 2 is 1.84 bits per heavy atom. The molecule has 3 aromatic rings. The average Bonchev–Trinajstić information content (AvgIpc) is 3.39. The Hall–Kier alpha value is -3.59. The predicted octanol–water partition coefficient (Wildman–Crippen LogP) is 4.81. The van der Waals surface area contributed by atoms with Crippen molar-refractivity contribution in [3.63, 3.8) is 0 Å². The zero-order valence-corrected chi connectivity index (χ0v) is 22.4. The van der Waals surface area contributed by atoms with Crippen LogP contribution in [0.2, 0.25) is 0 Å². The van der Waals surface area contributed by atoms with Gasteiger partial charge in [-0.1, -0.05) is 25.9 Å². The number of aryl methyl sites for hydroxylation is 1. The van der Waals surface area contributed by atoms with Gasteiger partial charge in [0.15, 0.2) is 5.69 Å². The summed E-state index contributed by atoms with van der Waals surface area (Å²) in [7, 11) is 0. The number of nitrogens with zero attached hydrogens (tertiary/aromatic N) is 5. The summed E-state index contributed by atoms with van der Waals surface area (Å²) in [5, 5.41) is 3.98. The molecular formula is C29H36FN5O3. The standard InChI is InChI=1S/C29H36FN5O3/c1-4-25-17-26(32-38-25)29(37)34-14-6-12-33(19-21(2)3)13-7-15-35(28(36)22-8-5-11-31-18-22)27-10-9-24(30)16-23(27)20-34/h5,8-11,16-18,21H,4,6-7,12-15,19-20H2,1-3H3. The molecule has 0 fully saturated rings. The second-order valence-corrected chi connectivity index (χ2v) is 10.1. The van der Waals surface area contributed by atoms with Crippen molar-refractivity contribution in [2.45, 2.75) is 46.6 Å². The summed E-state index contributed by atoms with van der Waals surface area (Å²) in [5.74, 6) is 0.210. The summed E-state index contributed by atoms with van der Waals surface area (Å²) in [6, 6.07) is 9.51. The highest BCUT2D eigenvalue weighted by molar-refractivity contribution is 6.06. The van der Waals surface area contributed by atoms with E-state index in [1.165, 1.54) is 12.1 Å². The van der Waals surface area contributed by atoms with Crippen LogP contribution in [0, 0.1) is 11.7 Å². The fourth-order valence-electron chi connectivity index (χ4n) is 4.87. The lowest BCUT2D eigenvalue weighted by atomic mass is 10.1. The van der Waals surface area contributed by atoms with Gasteiger partial charge < -0.3 is 19.2 Å². The van der Waals surface area contributed by atoms with Gasteiger partial charge in [-0.25, -0.2) is 4.39 Å². The minimum atomic E-state index is -0.421. The molecule has 0 saturated heterocycles. The number of carbonyl (C=O) groups is 2. The number of anilines is 1. The first-order valence-corrected chi connectivity index (χ1v) is 13.3. The Morgan fingerprint density at radius 3 is 2.53 bits per heavy atom. The minimum Gasteiger partial charge on any atom is -0.361 e. The van der Waals surface area contributed by atoms with E-state index in [1.54, 1.807) is 46.5 Å². The first-order chi connectivity index (χ1) is 18.4. The third-order valence-electron chi connectivity index (χ3n) is 6.64. The van der Waals surface area contributed by atoms with Crippen LogP contribution < -0.4 is 4.90 Å². The van der Waals surface area contributed by atoms with Crippen LogP contribution in [-0.4, -0.2) is 64.5 Å². The van der Waals surface area contributed by atoms with Gasteiger partial charge in [-0.2, -0.15) is 0 Å². The second kappa shape index (κ2) is 12.8. The fraction of sp³-hybridized carbons (Fsp3) is 0.448. The molecule has 9 heteroatoms. The first kappa shape index (κ1) is 27.4. The zero-order valence-electron chi connectivity index (χ0n) is 22.4. The largest absolute Gasteiger partial charge is 0.361 e. The van der Waals surface area contributed by atoms with Gasteiger partial charge >= 0.3 is 0 Å². The van der Waals surface area contributed by atoms with Crippen molar-refractivity contribution in [2.75, 3.05) is 37.6 Å². The molecule has 0 atom stereocenters.